The van der Waals surface area contributed by atoms with Crippen molar-refractivity contribution < 1.29 is 9.90 Å². The number of nitrogens with one attached hydrogen (secondary N) is 1. The molecule has 1 fully saturated rings. The summed E-state index contributed by atoms with van der Waals surface area (Å²) in [6.45, 7) is 3.71. The van der Waals surface area contributed by atoms with Crippen LogP contribution in [0.2, 0.25) is 0 Å². The summed E-state index contributed by atoms with van der Waals surface area (Å²) < 4.78 is 1.90. The van der Waals surface area contributed by atoms with E-state index in [1.807, 2.05) is 17.1 Å². The summed E-state index contributed by atoms with van der Waals surface area (Å²) >= 11 is 0. The molecule has 5 nitrogen and oxygen atoms in total. The van der Waals surface area contributed by atoms with Crippen molar-refractivity contribution >= 4 is 5.97 Å². The standard InChI is InChI=1S/C13H21N3O2/c1-2-16-9-10(8-15-16)7-14-12-5-3-4-11(6-12)13(17)18/h8-9,11-12,14H,2-7H2,1H3,(H,17,18). The highest BCUT2D eigenvalue weighted by Crippen LogP contribution is 2.24. The maximum absolute atomic E-state index is 11.0. The van der Waals surface area contributed by atoms with Crippen LogP contribution in [0.5, 0.6) is 0 Å². The Morgan fingerprint density at radius 3 is 3.11 bits per heavy atom. The molecule has 0 radical (unpaired) electrons. The van der Waals surface area contributed by atoms with Crippen molar-refractivity contribution in [3.8, 4) is 0 Å². The van der Waals surface area contributed by atoms with E-state index in [1.54, 1.807) is 0 Å². The average Bonchev–Trinajstić information content (AvgIpc) is 2.84. The number of carboxylic acid groups (broad SMARTS) is 1. The summed E-state index contributed by atoms with van der Waals surface area (Å²) in [7, 11) is 0. The maximum Gasteiger partial charge on any atom is 0.306 e. The zero-order valence-corrected chi connectivity index (χ0v) is 10.8. The molecule has 100 valence electrons. The monoisotopic (exact) mass is 251 g/mol. The molecule has 1 aliphatic rings. The summed E-state index contributed by atoms with van der Waals surface area (Å²) in [5.41, 5.74) is 1.16. The minimum Gasteiger partial charge on any atom is -0.481 e. The van der Waals surface area contributed by atoms with Gasteiger partial charge in [0.1, 0.15) is 0 Å². The van der Waals surface area contributed by atoms with Crippen molar-refractivity contribution in [2.24, 2.45) is 5.92 Å². The fraction of sp³-hybridized carbons (Fsp3) is 0.692. The van der Waals surface area contributed by atoms with Crippen molar-refractivity contribution in [2.45, 2.75) is 51.7 Å². The molecule has 1 saturated carbocycles. The van der Waals surface area contributed by atoms with E-state index in [2.05, 4.69) is 17.3 Å². The van der Waals surface area contributed by atoms with Crippen molar-refractivity contribution in [3.63, 3.8) is 0 Å². The normalized spacial score (nSPS) is 24.1. The van der Waals surface area contributed by atoms with Gasteiger partial charge >= 0.3 is 5.97 Å². The van der Waals surface area contributed by atoms with E-state index in [9.17, 15) is 4.79 Å². The molecule has 1 heterocycles. The molecular formula is C13H21N3O2. The summed E-state index contributed by atoms with van der Waals surface area (Å²) in [6, 6.07) is 0.324. The minimum atomic E-state index is -0.652. The van der Waals surface area contributed by atoms with Gasteiger partial charge in [0, 0.05) is 30.9 Å². The van der Waals surface area contributed by atoms with Crippen LogP contribution in [0, 0.1) is 5.92 Å². The van der Waals surface area contributed by atoms with Gasteiger partial charge in [-0.1, -0.05) is 6.42 Å². The number of aryl methyl sites for hydroxylation is 1. The lowest BCUT2D eigenvalue weighted by molar-refractivity contribution is -0.143. The van der Waals surface area contributed by atoms with Crippen LogP contribution >= 0.6 is 0 Å². The van der Waals surface area contributed by atoms with Crippen LogP contribution in [0.15, 0.2) is 12.4 Å². The molecule has 1 aliphatic carbocycles. The molecule has 0 amide bonds. The highest BCUT2D eigenvalue weighted by atomic mass is 16.4. The lowest BCUT2D eigenvalue weighted by atomic mass is 9.86. The summed E-state index contributed by atoms with van der Waals surface area (Å²) in [6.07, 6.45) is 7.55. The number of hydrogen-bond donors (Lipinski definition) is 2. The Morgan fingerprint density at radius 1 is 1.61 bits per heavy atom. The van der Waals surface area contributed by atoms with E-state index in [4.69, 9.17) is 5.11 Å². The van der Waals surface area contributed by atoms with Gasteiger partial charge in [0.2, 0.25) is 0 Å². The Morgan fingerprint density at radius 2 is 2.44 bits per heavy atom. The SMILES string of the molecule is CCn1cc(CNC2CCCC(C(=O)O)C2)cn1. The van der Waals surface area contributed by atoms with Crippen LogP contribution in [0.25, 0.3) is 0 Å². The smallest absolute Gasteiger partial charge is 0.306 e. The van der Waals surface area contributed by atoms with Gasteiger partial charge in [-0.2, -0.15) is 5.10 Å². The van der Waals surface area contributed by atoms with E-state index in [0.717, 1.165) is 44.3 Å². The Bertz CT molecular complexity index is 403. The molecule has 18 heavy (non-hydrogen) atoms. The van der Waals surface area contributed by atoms with Crippen LogP contribution in [0.4, 0.5) is 0 Å². The fourth-order valence-electron chi connectivity index (χ4n) is 2.53. The topological polar surface area (TPSA) is 67.2 Å². The zero-order chi connectivity index (χ0) is 13.0. The summed E-state index contributed by atoms with van der Waals surface area (Å²) in [4.78, 5) is 11.0. The molecule has 0 aliphatic heterocycles. The second kappa shape index (κ2) is 6.00. The number of aliphatic carboxylic acids is 1. The molecule has 1 aromatic rings. The molecule has 2 rings (SSSR count). The van der Waals surface area contributed by atoms with Gasteiger partial charge in [-0.05, 0) is 26.2 Å². The molecule has 1 aromatic heterocycles. The van der Waals surface area contributed by atoms with Gasteiger partial charge in [0.15, 0.2) is 0 Å². The molecular weight excluding hydrogens is 230 g/mol. The third kappa shape index (κ3) is 3.32. The fourth-order valence-corrected chi connectivity index (χ4v) is 2.53. The predicted molar refractivity (Wildman–Crippen MR) is 68.1 cm³/mol. The van der Waals surface area contributed by atoms with E-state index in [-0.39, 0.29) is 5.92 Å². The molecule has 2 atom stereocenters. The van der Waals surface area contributed by atoms with Crippen LogP contribution in [0.1, 0.15) is 38.2 Å². The molecule has 0 aromatic carbocycles. The van der Waals surface area contributed by atoms with Gasteiger partial charge in [-0.15, -0.1) is 0 Å². The summed E-state index contributed by atoms with van der Waals surface area (Å²) in [5, 5.41) is 16.7. The largest absolute Gasteiger partial charge is 0.481 e. The van der Waals surface area contributed by atoms with Crippen LogP contribution in [-0.2, 0) is 17.9 Å². The second-order valence-electron chi connectivity index (χ2n) is 4.98. The van der Waals surface area contributed by atoms with E-state index in [1.165, 1.54) is 0 Å². The molecule has 5 heteroatoms. The molecule has 0 spiro atoms. The van der Waals surface area contributed by atoms with Crippen molar-refractivity contribution in [2.75, 3.05) is 0 Å². The zero-order valence-electron chi connectivity index (χ0n) is 10.8. The third-order valence-corrected chi connectivity index (χ3v) is 3.63. The van der Waals surface area contributed by atoms with Crippen molar-refractivity contribution in [1.29, 1.82) is 0 Å². The number of aromatic nitrogens is 2. The Labute approximate surface area is 107 Å². The van der Waals surface area contributed by atoms with E-state index in [0.29, 0.717) is 6.04 Å². The first-order chi connectivity index (χ1) is 8.69. The van der Waals surface area contributed by atoms with Crippen molar-refractivity contribution in [3.05, 3.63) is 18.0 Å². The Kier molecular flexibility index (Phi) is 4.36. The summed E-state index contributed by atoms with van der Waals surface area (Å²) in [5.74, 6) is -0.824. The lowest BCUT2D eigenvalue weighted by Gasteiger charge is -2.27. The molecule has 0 saturated heterocycles. The van der Waals surface area contributed by atoms with E-state index < -0.39 is 5.97 Å². The van der Waals surface area contributed by atoms with Gasteiger partial charge < -0.3 is 10.4 Å². The number of carboxylic acids is 1. The molecule has 2 unspecified atom stereocenters. The number of carbonyl (C=O) groups is 1. The minimum absolute atomic E-state index is 0.172. The van der Waals surface area contributed by atoms with Crippen LogP contribution in [-0.4, -0.2) is 26.9 Å². The molecule has 0 bridgehead atoms. The lowest BCUT2D eigenvalue weighted by Crippen LogP contribution is -2.35. The second-order valence-corrected chi connectivity index (χ2v) is 4.98. The predicted octanol–water partition coefficient (Wildman–Crippen LogP) is 1.64. The van der Waals surface area contributed by atoms with Gasteiger partial charge in [-0.3, -0.25) is 9.48 Å². The number of nitrogens with zero attached hydrogens (tertiary/aromatic N) is 2. The van der Waals surface area contributed by atoms with Gasteiger partial charge in [0.05, 0.1) is 12.1 Å². The third-order valence-electron chi connectivity index (χ3n) is 3.63. The quantitative estimate of drug-likeness (QED) is 0.834. The van der Waals surface area contributed by atoms with Crippen molar-refractivity contribution in [1.82, 2.24) is 15.1 Å². The van der Waals surface area contributed by atoms with Crippen LogP contribution in [0.3, 0.4) is 0 Å². The first-order valence-electron chi connectivity index (χ1n) is 6.66. The highest BCUT2D eigenvalue weighted by Gasteiger charge is 2.26. The Hall–Kier alpha value is -1.36. The number of rotatable bonds is 5. The first-order valence-corrected chi connectivity index (χ1v) is 6.66. The van der Waals surface area contributed by atoms with E-state index >= 15 is 0 Å². The average molecular weight is 251 g/mol. The Balaban J connectivity index is 1.80. The number of hydrogen-bond acceptors (Lipinski definition) is 3. The first kappa shape index (κ1) is 13.1. The van der Waals surface area contributed by atoms with Gasteiger partial charge in [0.25, 0.3) is 0 Å². The maximum atomic E-state index is 11.0. The molecule has 2 N–H and O–H groups in total. The highest BCUT2D eigenvalue weighted by molar-refractivity contribution is 5.70. The van der Waals surface area contributed by atoms with Crippen LogP contribution < -0.4 is 5.32 Å². The van der Waals surface area contributed by atoms with Gasteiger partial charge in [-0.25, -0.2) is 0 Å².